The number of carbonyl (C=O) groups excluding carboxylic acids is 1. The van der Waals surface area contributed by atoms with Crippen LogP contribution in [0.2, 0.25) is 0 Å². The van der Waals surface area contributed by atoms with Crippen LogP contribution in [0.25, 0.3) is 0 Å². The van der Waals surface area contributed by atoms with E-state index >= 15 is 0 Å². The quantitative estimate of drug-likeness (QED) is 0.791. The van der Waals surface area contributed by atoms with E-state index in [1.165, 1.54) is 0 Å². The van der Waals surface area contributed by atoms with E-state index in [0.29, 0.717) is 17.6 Å². The Balaban J connectivity index is 1.86. The molecule has 0 radical (unpaired) electrons. The van der Waals surface area contributed by atoms with Crippen molar-refractivity contribution in [2.75, 3.05) is 6.61 Å². The Labute approximate surface area is 113 Å². The van der Waals surface area contributed by atoms with Crippen LogP contribution in [-0.2, 0) is 0 Å². The van der Waals surface area contributed by atoms with Crippen LogP contribution in [0.15, 0.2) is 42.5 Å². The first-order valence-electron chi connectivity index (χ1n) is 6.03. The molecule has 3 nitrogen and oxygen atoms in total. The van der Waals surface area contributed by atoms with E-state index in [0.717, 1.165) is 12.1 Å². The summed E-state index contributed by atoms with van der Waals surface area (Å²) in [5.74, 6) is -1.24. The Morgan fingerprint density at radius 1 is 1.10 bits per heavy atom. The van der Waals surface area contributed by atoms with Crippen molar-refractivity contribution in [2.24, 2.45) is 0 Å². The Hall–Kier alpha value is -2.43. The largest absolute Gasteiger partial charge is 0.485 e. The molecule has 0 amide bonds. The molecule has 1 atom stereocenters. The highest BCUT2D eigenvalue weighted by Gasteiger charge is 2.29. The summed E-state index contributed by atoms with van der Waals surface area (Å²) in [5.41, 5.74) is -0.209. The lowest BCUT2D eigenvalue weighted by Gasteiger charge is -2.25. The number of halogens is 2. The second kappa shape index (κ2) is 4.92. The van der Waals surface area contributed by atoms with Gasteiger partial charge < -0.3 is 9.47 Å². The van der Waals surface area contributed by atoms with Crippen LogP contribution >= 0.6 is 0 Å². The van der Waals surface area contributed by atoms with E-state index in [4.69, 9.17) is 9.47 Å². The van der Waals surface area contributed by atoms with Gasteiger partial charge in [-0.15, -0.1) is 0 Å². The first-order valence-corrected chi connectivity index (χ1v) is 6.03. The van der Waals surface area contributed by atoms with Crippen LogP contribution in [0.1, 0.15) is 10.4 Å². The molecule has 0 aliphatic carbocycles. The molecule has 1 heterocycles. The fourth-order valence-corrected chi connectivity index (χ4v) is 2.01. The Morgan fingerprint density at radius 3 is 2.60 bits per heavy atom. The summed E-state index contributed by atoms with van der Waals surface area (Å²) in [5, 5.41) is 0. The van der Waals surface area contributed by atoms with Gasteiger partial charge in [-0.3, -0.25) is 4.79 Å². The van der Waals surface area contributed by atoms with Crippen molar-refractivity contribution in [3.05, 3.63) is 59.7 Å². The van der Waals surface area contributed by atoms with Crippen LogP contribution in [-0.4, -0.2) is 18.5 Å². The van der Waals surface area contributed by atoms with Crippen molar-refractivity contribution in [1.82, 2.24) is 0 Å². The number of ketones is 1. The SMILES string of the molecule is O=C(c1ccc(F)cc1F)C1COc2ccccc2O1. The van der Waals surface area contributed by atoms with Gasteiger partial charge in [0.1, 0.15) is 18.2 Å². The van der Waals surface area contributed by atoms with Gasteiger partial charge in [-0.25, -0.2) is 8.78 Å². The van der Waals surface area contributed by atoms with Gasteiger partial charge in [0.25, 0.3) is 0 Å². The van der Waals surface area contributed by atoms with E-state index in [9.17, 15) is 13.6 Å². The fraction of sp³-hybridized carbons (Fsp3) is 0.133. The number of Topliss-reactive ketones (excluding diaryl/α,β-unsaturated/α-hetero) is 1. The highest BCUT2D eigenvalue weighted by Crippen LogP contribution is 2.31. The van der Waals surface area contributed by atoms with Gasteiger partial charge in [0.2, 0.25) is 5.78 Å². The molecule has 0 spiro atoms. The number of rotatable bonds is 2. The number of ether oxygens (including phenoxy) is 2. The predicted molar refractivity (Wildman–Crippen MR) is 67.0 cm³/mol. The van der Waals surface area contributed by atoms with Gasteiger partial charge in [-0.2, -0.15) is 0 Å². The van der Waals surface area contributed by atoms with Crippen molar-refractivity contribution in [3.63, 3.8) is 0 Å². The second-order valence-electron chi connectivity index (χ2n) is 4.35. The van der Waals surface area contributed by atoms with Crippen molar-refractivity contribution in [1.29, 1.82) is 0 Å². The molecule has 1 aliphatic rings. The minimum Gasteiger partial charge on any atom is -0.485 e. The summed E-state index contributed by atoms with van der Waals surface area (Å²) in [6.45, 7) is -0.00728. The molecule has 20 heavy (non-hydrogen) atoms. The van der Waals surface area contributed by atoms with Gasteiger partial charge in [0.05, 0.1) is 5.56 Å². The lowest BCUT2D eigenvalue weighted by molar-refractivity contribution is 0.0582. The third kappa shape index (κ3) is 2.22. The average Bonchev–Trinajstić information content (AvgIpc) is 2.46. The standard InChI is InChI=1S/C15H10F2O3/c16-9-5-6-10(11(17)7-9)15(18)14-8-19-12-3-1-2-4-13(12)20-14/h1-7,14H,8H2. The van der Waals surface area contributed by atoms with Crippen molar-refractivity contribution < 1.29 is 23.0 Å². The van der Waals surface area contributed by atoms with E-state index in [1.807, 2.05) is 0 Å². The maximum atomic E-state index is 13.6. The molecule has 3 rings (SSSR count). The zero-order valence-electron chi connectivity index (χ0n) is 10.3. The number of para-hydroxylation sites is 2. The predicted octanol–water partition coefficient (Wildman–Crippen LogP) is 2.99. The minimum absolute atomic E-state index is 0.00728. The number of fused-ring (bicyclic) bond motifs is 1. The molecule has 1 unspecified atom stereocenters. The van der Waals surface area contributed by atoms with E-state index in [-0.39, 0.29) is 12.2 Å². The summed E-state index contributed by atoms with van der Waals surface area (Å²) in [6.07, 6.45) is -0.940. The van der Waals surface area contributed by atoms with Gasteiger partial charge >= 0.3 is 0 Å². The molecule has 0 saturated carbocycles. The summed E-state index contributed by atoms with van der Waals surface area (Å²) in [4.78, 5) is 12.2. The maximum absolute atomic E-state index is 13.6. The summed E-state index contributed by atoms with van der Waals surface area (Å²) in [6, 6.07) is 9.72. The number of hydrogen-bond acceptors (Lipinski definition) is 3. The highest BCUT2D eigenvalue weighted by molar-refractivity contribution is 6.00. The van der Waals surface area contributed by atoms with Gasteiger partial charge in [0.15, 0.2) is 17.6 Å². The molecule has 5 heteroatoms. The van der Waals surface area contributed by atoms with Crippen LogP contribution in [0.5, 0.6) is 11.5 Å². The zero-order chi connectivity index (χ0) is 14.1. The highest BCUT2D eigenvalue weighted by atomic mass is 19.1. The number of benzene rings is 2. The minimum atomic E-state index is -0.940. The van der Waals surface area contributed by atoms with E-state index in [1.54, 1.807) is 24.3 Å². The third-order valence-electron chi connectivity index (χ3n) is 3.00. The van der Waals surface area contributed by atoms with Crippen molar-refractivity contribution in [3.8, 4) is 11.5 Å². The number of carbonyl (C=O) groups is 1. The first kappa shape index (κ1) is 12.6. The molecular formula is C15H10F2O3. The molecule has 1 aliphatic heterocycles. The van der Waals surface area contributed by atoms with Crippen LogP contribution in [0.4, 0.5) is 8.78 Å². The molecule has 2 aromatic rings. The van der Waals surface area contributed by atoms with E-state index in [2.05, 4.69) is 0 Å². The average molecular weight is 276 g/mol. The summed E-state index contributed by atoms with van der Waals surface area (Å²) in [7, 11) is 0. The van der Waals surface area contributed by atoms with E-state index < -0.39 is 23.5 Å². The molecule has 0 fully saturated rings. The summed E-state index contributed by atoms with van der Waals surface area (Å²) < 4.78 is 37.3. The lowest BCUT2D eigenvalue weighted by Crippen LogP contribution is -2.37. The maximum Gasteiger partial charge on any atom is 0.209 e. The van der Waals surface area contributed by atoms with Gasteiger partial charge in [-0.1, -0.05) is 12.1 Å². The van der Waals surface area contributed by atoms with Crippen molar-refractivity contribution in [2.45, 2.75) is 6.10 Å². The molecule has 0 N–H and O–H groups in total. The Kier molecular flexibility index (Phi) is 3.10. The van der Waals surface area contributed by atoms with Crippen LogP contribution < -0.4 is 9.47 Å². The topological polar surface area (TPSA) is 35.5 Å². The lowest BCUT2D eigenvalue weighted by atomic mass is 10.1. The Bertz CT molecular complexity index is 670. The summed E-state index contributed by atoms with van der Waals surface area (Å²) >= 11 is 0. The monoisotopic (exact) mass is 276 g/mol. The van der Waals surface area contributed by atoms with Crippen LogP contribution in [0, 0.1) is 11.6 Å². The Morgan fingerprint density at radius 2 is 1.85 bits per heavy atom. The normalized spacial score (nSPS) is 16.8. The first-order chi connectivity index (χ1) is 9.65. The molecule has 0 saturated heterocycles. The third-order valence-corrected chi connectivity index (χ3v) is 3.00. The number of hydrogen-bond donors (Lipinski definition) is 0. The second-order valence-corrected chi connectivity index (χ2v) is 4.35. The smallest absolute Gasteiger partial charge is 0.209 e. The fourth-order valence-electron chi connectivity index (χ4n) is 2.01. The van der Waals surface area contributed by atoms with Crippen molar-refractivity contribution >= 4 is 5.78 Å². The molecule has 102 valence electrons. The van der Waals surface area contributed by atoms with Gasteiger partial charge in [0, 0.05) is 6.07 Å². The zero-order valence-corrected chi connectivity index (χ0v) is 10.3. The van der Waals surface area contributed by atoms with Gasteiger partial charge in [-0.05, 0) is 24.3 Å². The molecule has 2 aromatic carbocycles. The molecule has 0 bridgehead atoms. The van der Waals surface area contributed by atoms with Crippen LogP contribution in [0.3, 0.4) is 0 Å². The molecular weight excluding hydrogens is 266 g/mol. The molecule has 0 aromatic heterocycles.